The van der Waals surface area contributed by atoms with Crippen molar-refractivity contribution in [3.05, 3.63) is 10.6 Å². The average molecular weight is 271 g/mol. The number of thiazole rings is 1. The molecule has 100 valence electrons. The Kier molecular flexibility index (Phi) is 4.66. The van der Waals surface area contributed by atoms with Gasteiger partial charge in [-0.25, -0.2) is 9.78 Å². The Morgan fingerprint density at radius 3 is 2.56 bits per heavy atom. The summed E-state index contributed by atoms with van der Waals surface area (Å²) in [5, 5.41) is 11.9. The number of nitrogen functional groups attached to an aromatic ring is 1. The Morgan fingerprint density at radius 1 is 1.56 bits per heavy atom. The van der Waals surface area contributed by atoms with Gasteiger partial charge in [-0.2, -0.15) is 0 Å². The van der Waals surface area contributed by atoms with E-state index in [1.54, 1.807) is 13.8 Å². The van der Waals surface area contributed by atoms with Crippen LogP contribution in [0.25, 0.3) is 0 Å². The third-order valence-corrected chi connectivity index (χ3v) is 3.77. The van der Waals surface area contributed by atoms with Crippen LogP contribution in [0.2, 0.25) is 0 Å². The molecule has 4 N–H and O–H groups in total. The van der Waals surface area contributed by atoms with Crippen LogP contribution in [0, 0.1) is 12.8 Å². The highest BCUT2D eigenvalue weighted by Crippen LogP contribution is 2.20. The molecule has 0 radical (unpaired) electrons. The van der Waals surface area contributed by atoms with Gasteiger partial charge in [-0.3, -0.25) is 4.79 Å². The second-order valence-corrected chi connectivity index (χ2v) is 5.17. The first-order valence-corrected chi connectivity index (χ1v) is 6.45. The normalized spacial score (nSPS) is 13.9. The minimum absolute atomic E-state index is 0.142. The van der Waals surface area contributed by atoms with Gasteiger partial charge in [-0.05, 0) is 12.8 Å². The standard InChI is InChI=1S/C11H17N3O3S/c1-4-5(2)7(10(16)17)14-9(15)8-6(3)13-11(12)18-8/h5,7H,4H2,1-3H3,(H2,12,13)(H,14,15)(H,16,17)/t5?,7-/m0/s1. The number of nitrogens with zero attached hydrogens (tertiary/aromatic N) is 1. The predicted molar refractivity (Wildman–Crippen MR) is 69.6 cm³/mol. The number of aryl methyl sites for hydroxylation is 1. The summed E-state index contributed by atoms with van der Waals surface area (Å²) >= 11 is 1.06. The molecule has 0 saturated heterocycles. The SMILES string of the molecule is CCC(C)[C@H](NC(=O)c1sc(N)nc1C)C(=O)O. The predicted octanol–water partition coefficient (Wildman–Crippen LogP) is 1.26. The van der Waals surface area contributed by atoms with E-state index in [4.69, 9.17) is 10.8 Å². The van der Waals surface area contributed by atoms with Crippen LogP contribution >= 0.6 is 11.3 Å². The van der Waals surface area contributed by atoms with Crippen molar-refractivity contribution in [2.24, 2.45) is 5.92 Å². The van der Waals surface area contributed by atoms with Crippen LogP contribution < -0.4 is 11.1 Å². The number of amides is 1. The zero-order valence-electron chi connectivity index (χ0n) is 10.6. The molecule has 7 heteroatoms. The highest BCUT2D eigenvalue weighted by atomic mass is 32.1. The van der Waals surface area contributed by atoms with Gasteiger partial charge in [0, 0.05) is 0 Å². The molecule has 1 aromatic heterocycles. The van der Waals surface area contributed by atoms with Gasteiger partial charge in [0.2, 0.25) is 0 Å². The molecular formula is C11H17N3O3S. The lowest BCUT2D eigenvalue weighted by molar-refractivity contribution is -0.140. The van der Waals surface area contributed by atoms with Crippen molar-refractivity contribution in [1.82, 2.24) is 10.3 Å². The summed E-state index contributed by atoms with van der Waals surface area (Å²) in [7, 11) is 0. The van der Waals surface area contributed by atoms with Crippen molar-refractivity contribution in [3.63, 3.8) is 0 Å². The summed E-state index contributed by atoms with van der Waals surface area (Å²) in [4.78, 5) is 27.4. The number of aliphatic carboxylic acids is 1. The third kappa shape index (κ3) is 3.19. The second kappa shape index (κ2) is 5.81. The fraction of sp³-hybridized carbons (Fsp3) is 0.545. The zero-order valence-corrected chi connectivity index (χ0v) is 11.4. The van der Waals surface area contributed by atoms with E-state index in [2.05, 4.69) is 10.3 Å². The molecule has 0 saturated carbocycles. The lowest BCUT2D eigenvalue weighted by Gasteiger charge is -2.19. The number of aromatic nitrogens is 1. The molecule has 1 amide bonds. The molecule has 1 heterocycles. The van der Waals surface area contributed by atoms with Gasteiger partial charge >= 0.3 is 5.97 Å². The van der Waals surface area contributed by atoms with Crippen LogP contribution in [0.3, 0.4) is 0 Å². The molecule has 1 unspecified atom stereocenters. The first-order valence-electron chi connectivity index (χ1n) is 5.63. The fourth-order valence-electron chi connectivity index (χ4n) is 1.52. The lowest BCUT2D eigenvalue weighted by atomic mass is 9.99. The lowest BCUT2D eigenvalue weighted by Crippen LogP contribution is -2.44. The summed E-state index contributed by atoms with van der Waals surface area (Å²) in [5.74, 6) is -1.61. The summed E-state index contributed by atoms with van der Waals surface area (Å²) in [6, 6.07) is -0.898. The van der Waals surface area contributed by atoms with Crippen molar-refractivity contribution in [1.29, 1.82) is 0 Å². The minimum Gasteiger partial charge on any atom is -0.480 e. The van der Waals surface area contributed by atoms with Gasteiger partial charge in [0.15, 0.2) is 5.13 Å². The van der Waals surface area contributed by atoms with E-state index in [0.717, 1.165) is 11.3 Å². The van der Waals surface area contributed by atoms with E-state index >= 15 is 0 Å². The number of rotatable bonds is 5. The van der Waals surface area contributed by atoms with Gasteiger partial charge < -0.3 is 16.2 Å². The van der Waals surface area contributed by atoms with Crippen molar-refractivity contribution in [2.75, 3.05) is 5.73 Å². The number of carboxylic acids is 1. The van der Waals surface area contributed by atoms with E-state index in [0.29, 0.717) is 22.1 Å². The molecule has 0 aliphatic rings. The number of hydrogen-bond acceptors (Lipinski definition) is 5. The van der Waals surface area contributed by atoms with E-state index in [-0.39, 0.29) is 5.92 Å². The van der Waals surface area contributed by atoms with E-state index in [1.165, 1.54) is 0 Å². The van der Waals surface area contributed by atoms with Gasteiger partial charge in [0.25, 0.3) is 5.91 Å². The van der Waals surface area contributed by atoms with Gasteiger partial charge in [-0.15, -0.1) is 0 Å². The molecule has 0 bridgehead atoms. The summed E-state index contributed by atoms with van der Waals surface area (Å²) in [6.45, 7) is 5.33. The summed E-state index contributed by atoms with van der Waals surface area (Å²) in [5.41, 5.74) is 6.02. The molecule has 6 nitrogen and oxygen atoms in total. The topological polar surface area (TPSA) is 105 Å². The number of carboxylic acid groups (broad SMARTS) is 1. The molecule has 0 aromatic carbocycles. The smallest absolute Gasteiger partial charge is 0.326 e. The number of carbonyl (C=O) groups is 2. The van der Waals surface area contributed by atoms with Crippen LogP contribution in [0.5, 0.6) is 0 Å². The average Bonchev–Trinajstić information content (AvgIpc) is 2.63. The molecule has 1 aromatic rings. The van der Waals surface area contributed by atoms with E-state index in [1.807, 2.05) is 6.92 Å². The van der Waals surface area contributed by atoms with Crippen LogP contribution in [-0.2, 0) is 4.79 Å². The minimum atomic E-state index is -1.03. The quantitative estimate of drug-likeness (QED) is 0.747. The molecule has 0 aliphatic carbocycles. The number of anilines is 1. The summed E-state index contributed by atoms with van der Waals surface area (Å²) < 4.78 is 0. The Hall–Kier alpha value is -1.63. The van der Waals surface area contributed by atoms with Crippen LogP contribution in [0.15, 0.2) is 0 Å². The number of carbonyl (C=O) groups excluding carboxylic acids is 1. The second-order valence-electron chi connectivity index (χ2n) is 4.14. The molecular weight excluding hydrogens is 254 g/mol. The van der Waals surface area contributed by atoms with Crippen molar-refractivity contribution in [2.45, 2.75) is 33.2 Å². The fourth-order valence-corrected chi connectivity index (χ4v) is 2.25. The van der Waals surface area contributed by atoms with Crippen LogP contribution in [0.4, 0.5) is 5.13 Å². The maximum atomic E-state index is 12.0. The van der Waals surface area contributed by atoms with Crippen molar-refractivity contribution < 1.29 is 14.7 Å². The Bertz CT molecular complexity index is 458. The molecule has 0 spiro atoms. The first-order chi connectivity index (χ1) is 8.36. The number of nitrogens with one attached hydrogen (secondary N) is 1. The van der Waals surface area contributed by atoms with E-state index < -0.39 is 17.9 Å². The monoisotopic (exact) mass is 271 g/mol. The van der Waals surface area contributed by atoms with Gasteiger partial charge in [0.1, 0.15) is 10.9 Å². The highest BCUT2D eigenvalue weighted by molar-refractivity contribution is 7.17. The Morgan fingerprint density at radius 2 is 2.17 bits per heavy atom. The van der Waals surface area contributed by atoms with E-state index in [9.17, 15) is 9.59 Å². The maximum absolute atomic E-state index is 12.0. The van der Waals surface area contributed by atoms with Gasteiger partial charge in [-0.1, -0.05) is 31.6 Å². The third-order valence-electron chi connectivity index (χ3n) is 2.79. The number of hydrogen-bond donors (Lipinski definition) is 3. The summed E-state index contributed by atoms with van der Waals surface area (Å²) in [6.07, 6.45) is 0.668. The Balaban J connectivity index is 2.85. The van der Waals surface area contributed by atoms with Gasteiger partial charge in [0.05, 0.1) is 5.69 Å². The highest BCUT2D eigenvalue weighted by Gasteiger charge is 2.27. The molecule has 2 atom stereocenters. The van der Waals surface area contributed by atoms with Crippen molar-refractivity contribution >= 4 is 28.3 Å². The molecule has 0 fully saturated rings. The Labute approximate surface area is 109 Å². The molecule has 1 rings (SSSR count). The van der Waals surface area contributed by atoms with Crippen LogP contribution in [0.1, 0.15) is 35.6 Å². The molecule has 0 aliphatic heterocycles. The first kappa shape index (κ1) is 14.4. The van der Waals surface area contributed by atoms with Crippen LogP contribution in [-0.4, -0.2) is 28.0 Å². The largest absolute Gasteiger partial charge is 0.480 e. The maximum Gasteiger partial charge on any atom is 0.326 e. The van der Waals surface area contributed by atoms with Crippen molar-refractivity contribution in [3.8, 4) is 0 Å². The zero-order chi connectivity index (χ0) is 13.9. The molecule has 18 heavy (non-hydrogen) atoms. The number of nitrogens with two attached hydrogens (primary N) is 1.